The number of aliphatic hydroxyl groups is 2. The predicted octanol–water partition coefficient (Wildman–Crippen LogP) is 3.60. The number of aliphatic hydroxyl groups excluding tert-OH is 1. The number of hydrogen-bond acceptors (Lipinski definition) is 3. The SMILES string of the molecule is C=C(C(O)/C=C/C(C)(C)O)[C@@H]1CC[C@]2(C)C[C@@H]3O[C@]3(C)CC[C@@H]12. The summed E-state index contributed by atoms with van der Waals surface area (Å²) in [6.07, 6.45) is 8.85. The summed E-state index contributed by atoms with van der Waals surface area (Å²) in [5.41, 5.74) is 0.437. The fourth-order valence-electron chi connectivity index (χ4n) is 4.91. The van der Waals surface area contributed by atoms with E-state index >= 15 is 0 Å². The zero-order chi connectivity index (χ0) is 17.0. The standard InChI is InChI=1S/C20H32O3/c1-13(16(21)8-9-18(2,3)22)14-6-10-19(4)12-17-20(5,23-17)11-7-15(14)19/h8-9,14-17,21-22H,1,6-7,10-12H2,2-5H3/b9-8+/t14-,15-,16?,17-,19+,20+/m0/s1. The molecule has 0 aromatic rings. The van der Waals surface area contributed by atoms with Crippen LogP contribution >= 0.6 is 0 Å². The first-order valence-corrected chi connectivity index (χ1v) is 9.00. The number of rotatable bonds is 4. The smallest absolute Gasteiger partial charge is 0.0933 e. The highest BCUT2D eigenvalue weighted by Crippen LogP contribution is 2.61. The van der Waals surface area contributed by atoms with E-state index in [0.717, 1.165) is 31.3 Å². The van der Waals surface area contributed by atoms with Crippen molar-refractivity contribution in [3.63, 3.8) is 0 Å². The first-order chi connectivity index (χ1) is 10.5. The molecule has 0 aromatic carbocycles. The van der Waals surface area contributed by atoms with Gasteiger partial charge in [0.05, 0.1) is 23.4 Å². The Morgan fingerprint density at radius 2 is 2.00 bits per heavy atom. The van der Waals surface area contributed by atoms with Crippen molar-refractivity contribution in [2.45, 2.75) is 83.2 Å². The molecule has 0 aromatic heterocycles. The van der Waals surface area contributed by atoms with Gasteiger partial charge in [0, 0.05) is 0 Å². The molecule has 0 bridgehead atoms. The Bertz CT molecular complexity index is 517. The average Bonchev–Trinajstić information content (AvgIpc) is 2.96. The Hall–Kier alpha value is -0.640. The molecule has 0 radical (unpaired) electrons. The lowest BCUT2D eigenvalue weighted by atomic mass is 9.71. The van der Waals surface area contributed by atoms with E-state index in [4.69, 9.17) is 4.74 Å². The van der Waals surface area contributed by atoms with Crippen molar-refractivity contribution in [1.82, 2.24) is 0 Å². The molecule has 3 rings (SSSR count). The zero-order valence-corrected chi connectivity index (χ0v) is 15.0. The minimum Gasteiger partial charge on any atom is -0.386 e. The second kappa shape index (κ2) is 5.44. The molecule has 2 N–H and O–H groups in total. The molecule has 2 aliphatic carbocycles. The van der Waals surface area contributed by atoms with Crippen LogP contribution in [0.5, 0.6) is 0 Å². The molecule has 1 heterocycles. The second-order valence-corrected chi connectivity index (χ2v) is 9.10. The molecule has 2 saturated carbocycles. The Kier molecular flexibility index (Phi) is 4.06. The average molecular weight is 320 g/mol. The molecular formula is C20H32O3. The Balaban J connectivity index is 1.71. The summed E-state index contributed by atoms with van der Waals surface area (Å²) in [5.74, 6) is 0.968. The maximum atomic E-state index is 10.5. The molecule has 3 fully saturated rings. The summed E-state index contributed by atoms with van der Waals surface area (Å²) in [6.45, 7) is 12.3. The van der Waals surface area contributed by atoms with Crippen molar-refractivity contribution in [2.75, 3.05) is 0 Å². The van der Waals surface area contributed by atoms with Gasteiger partial charge in [-0.3, -0.25) is 0 Å². The molecular weight excluding hydrogens is 288 g/mol. The monoisotopic (exact) mass is 320 g/mol. The molecule has 1 aliphatic heterocycles. The van der Waals surface area contributed by atoms with E-state index in [9.17, 15) is 10.2 Å². The quantitative estimate of drug-likeness (QED) is 0.614. The number of ether oxygens (including phenoxy) is 1. The molecule has 0 amide bonds. The van der Waals surface area contributed by atoms with Crippen molar-refractivity contribution in [2.24, 2.45) is 17.3 Å². The normalized spacial score (nSPS) is 44.5. The highest BCUT2D eigenvalue weighted by molar-refractivity contribution is 5.21. The van der Waals surface area contributed by atoms with Crippen molar-refractivity contribution < 1.29 is 14.9 Å². The lowest BCUT2D eigenvalue weighted by molar-refractivity contribution is 0.127. The van der Waals surface area contributed by atoms with Gasteiger partial charge in [0.2, 0.25) is 0 Å². The van der Waals surface area contributed by atoms with Crippen LogP contribution in [0, 0.1) is 17.3 Å². The summed E-state index contributed by atoms with van der Waals surface area (Å²) < 4.78 is 5.93. The molecule has 1 saturated heterocycles. The van der Waals surface area contributed by atoms with Crippen LogP contribution in [-0.2, 0) is 4.74 Å². The van der Waals surface area contributed by atoms with Gasteiger partial charge >= 0.3 is 0 Å². The lowest BCUT2D eigenvalue weighted by Gasteiger charge is -2.34. The highest BCUT2D eigenvalue weighted by atomic mass is 16.6. The van der Waals surface area contributed by atoms with Crippen LogP contribution in [0.25, 0.3) is 0 Å². The van der Waals surface area contributed by atoms with Gasteiger partial charge < -0.3 is 14.9 Å². The van der Waals surface area contributed by atoms with Gasteiger partial charge in [-0.05, 0) is 75.7 Å². The van der Waals surface area contributed by atoms with Crippen molar-refractivity contribution in [3.8, 4) is 0 Å². The summed E-state index contributed by atoms with van der Waals surface area (Å²) in [7, 11) is 0. The molecule has 3 nitrogen and oxygen atoms in total. The van der Waals surface area contributed by atoms with E-state index in [2.05, 4.69) is 20.4 Å². The van der Waals surface area contributed by atoms with Crippen molar-refractivity contribution in [1.29, 1.82) is 0 Å². The second-order valence-electron chi connectivity index (χ2n) is 9.10. The van der Waals surface area contributed by atoms with Crippen LogP contribution in [0.1, 0.15) is 59.8 Å². The molecule has 3 heteroatoms. The van der Waals surface area contributed by atoms with E-state index in [0.29, 0.717) is 23.4 Å². The highest BCUT2D eigenvalue weighted by Gasteiger charge is 2.60. The Morgan fingerprint density at radius 1 is 1.30 bits per heavy atom. The van der Waals surface area contributed by atoms with Gasteiger partial charge in [0.1, 0.15) is 0 Å². The number of hydrogen-bond donors (Lipinski definition) is 2. The first kappa shape index (κ1) is 17.2. The number of epoxide rings is 1. The van der Waals surface area contributed by atoms with E-state index < -0.39 is 11.7 Å². The van der Waals surface area contributed by atoms with Crippen molar-refractivity contribution >= 4 is 0 Å². The van der Waals surface area contributed by atoms with E-state index in [1.54, 1.807) is 26.0 Å². The van der Waals surface area contributed by atoms with Gasteiger partial charge in [-0.2, -0.15) is 0 Å². The van der Waals surface area contributed by atoms with Crippen LogP contribution in [-0.4, -0.2) is 33.6 Å². The maximum absolute atomic E-state index is 10.5. The van der Waals surface area contributed by atoms with Gasteiger partial charge in [-0.25, -0.2) is 0 Å². The third-order valence-electron chi connectivity index (χ3n) is 6.59. The van der Waals surface area contributed by atoms with E-state index in [-0.39, 0.29) is 5.60 Å². The van der Waals surface area contributed by atoms with Gasteiger partial charge in [0.25, 0.3) is 0 Å². The molecule has 23 heavy (non-hydrogen) atoms. The molecule has 3 aliphatic rings. The molecule has 130 valence electrons. The van der Waals surface area contributed by atoms with Crippen LogP contribution in [0.4, 0.5) is 0 Å². The van der Waals surface area contributed by atoms with E-state index in [1.165, 1.54) is 6.42 Å². The predicted molar refractivity (Wildman–Crippen MR) is 92.0 cm³/mol. The van der Waals surface area contributed by atoms with Crippen LogP contribution in [0.3, 0.4) is 0 Å². The van der Waals surface area contributed by atoms with Crippen molar-refractivity contribution in [3.05, 3.63) is 24.3 Å². The summed E-state index contributed by atoms with van der Waals surface area (Å²) in [6, 6.07) is 0. The van der Waals surface area contributed by atoms with Crippen LogP contribution in [0.2, 0.25) is 0 Å². The van der Waals surface area contributed by atoms with Gasteiger partial charge in [-0.1, -0.05) is 25.7 Å². The summed E-state index contributed by atoms with van der Waals surface area (Å²) >= 11 is 0. The Morgan fingerprint density at radius 3 is 2.65 bits per heavy atom. The summed E-state index contributed by atoms with van der Waals surface area (Å²) in [4.78, 5) is 0. The third kappa shape index (κ3) is 3.29. The third-order valence-corrected chi connectivity index (χ3v) is 6.59. The Labute approximate surface area is 140 Å². The van der Waals surface area contributed by atoms with Gasteiger partial charge in [-0.15, -0.1) is 0 Å². The van der Waals surface area contributed by atoms with E-state index in [1.807, 2.05) is 0 Å². The summed E-state index contributed by atoms with van der Waals surface area (Å²) in [5, 5.41) is 20.3. The minimum atomic E-state index is -0.902. The first-order valence-electron chi connectivity index (χ1n) is 9.00. The number of fused-ring (bicyclic) bond motifs is 2. The fourth-order valence-corrected chi connectivity index (χ4v) is 4.91. The minimum absolute atomic E-state index is 0.110. The largest absolute Gasteiger partial charge is 0.386 e. The maximum Gasteiger partial charge on any atom is 0.0933 e. The van der Waals surface area contributed by atoms with Crippen LogP contribution < -0.4 is 0 Å². The molecule has 0 spiro atoms. The van der Waals surface area contributed by atoms with Crippen LogP contribution in [0.15, 0.2) is 24.3 Å². The topological polar surface area (TPSA) is 53.0 Å². The fraction of sp³-hybridized carbons (Fsp3) is 0.800. The lowest BCUT2D eigenvalue weighted by Crippen LogP contribution is -2.28. The molecule has 6 atom stereocenters. The zero-order valence-electron chi connectivity index (χ0n) is 15.0. The van der Waals surface area contributed by atoms with Gasteiger partial charge in [0.15, 0.2) is 0 Å². The molecule has 1 unspecified atom stereocenters.